The number of halogens is 4. The molecule has 1 saturated heterocycles. The van der Waals surface area contributed by atoms with Crippen LogP contribution < -0.4 is 15.5 Å². The molecule has 0 unspecified atom stereocenters. The van der Waals surface area contributed by atoms with E-state index in [0.717, 1.165) is 18.8 Å². The molecular weight excluding hydrogens is 486 g/mol. The first-order valence-electron chi connectivity index (χ1n) is 8.98. The summed E-state index contributed by atoms with van der Waals surface area (Å²) < 4.78 is 36.5. The molecule has 0 saturated carbocycles. The lowest BCUT2D eigenvalue weighted by Gasteiger charge is -2.36. The zero-order valence-corrected chi connectivity index (χ0v) is 18.2. The van der Waals surface area contributed by atoms with Crippen LogP contribution in [-0.2, 0) is 4.79 Å². The van der Waals surface area contributed by atoms with Crippen LogP contribution in [0, 0.1) is 0 Å². The number of anilines is 1. The maximum absolute atomic E-state index is 12.3. The van der Waals surface area contributed by atoms with Gasteiger partial charge in [-0.1, -0.05) is 18.2 Å². The van der Waals surface area contributed by atoms with Crippen molar-refractivity contribution in [2.24, 2.45) is 4.99 Å². The van der Waals surface area contributed by atoms with E-state index in [1.165, 1.54) is 7.05 Å². The van der Waals surface area contributed by atoms with Crippen molar-refractivity contribution in [2.45, 2.75) is 19.0 Å². The van der Waals surface area contributed by atoms with Crippen LogP contribution in [-0.4, -0.2) is 69.3 Å². The fourth-order valence-corrected chi connectivity index (χ4v) is 2.84. The summed E-state index contributed by atoms with van der Waals surface area (Å²) in [4.78, 5) is 20.2. The second kappa shape index (κ2) is 12.0. The highest BCUT2D eigenvalue weighted by Gasteiger charge is 2.26. The van der Waals surface area contributed by atoms with Gasteiger partial charge in [0.2, 0.25) is 5.91 Å². The van der Waals surface area contributed by atoms with Crippen molar-refractivity contribution >= 4 is 41.5 Å². The number of guanidine groups is 1. The molecule has 1 aromatic rings. The van der Waals surface area contributed by atoms with Gasteiger partial charge in [0.25, 0.3) is 0 Å². The second-order valence-corrected chi connectivity index (χ2v) is 6.24. The summed E-state index contributed by atoms with van der Waals surface area (Å²) in [5, 5.41) is 5.46. The first kappa shape index (κ1) is 24.3. The van der Waals surface area contributed by atoms with E-state index in [4.69, 9.17) is 0 Å². The van der Waals surface area contributed by atoms with Gasteiger partial charge in [0, 0.05) is 58.4 Å². The second-order valence-electron chi connectivity index (χ2n) is 6.24. The largest absolute Gasteiger partial charge is 0.390 e. The van der Waals surface area contributed by atoms with E-state index >= 15 is 0 Å². The van der Waals surface area contributed by atoms with Gasteiger partial charge in [0.05, 0.1) is 6.42 Å². The van der Waals surface area contributed by atoms with E-state index in [-0.39, 0.29) is 48.8 Å². The van der Waals surface area contributed by atoms with Crippen LogP contribution in [0.1, 0.15) is 12.8 Å². The summed E-state index contributed by atoms with van der Waals surface area (Å²) in [6, 6.07) is 10.1. The molecule has 0 aromatic heterocycles. The summed E-state index contributed by atoms with van der Waals surface area (Å²) in [6.07, 6.45) is -4.87. The standard InChI is InChI=1S/C18H26F3N5O.HI/c1-22-17(24-10-8-18(19,20)21)23-9-7-16(27)26-13-11-25(12-14-26)15-5-3-2-4-6-15;/h2-6H,7-14H2,1H3,(H2,22,23,24);1H. The normalized spacial score (nSPS) is 15.1. The van der Waals surface area contributed by atoms with Gasteiger partial charge in [-0.15, -0.1) is 24.0 Å². The van der Waals surface area contributed by atoms with Gasteiger partial charge in [-0.3, -0.25) is 9.79 Å². The maximum atomic E-state index is 12.3. The fraction of sp³-hybridized carbons (Fsp3) is 0.556. The lowest BCUT2D eigenvalue weighted by atomic mass is 10.2. The number of alkyl halides is 3. The van der Waals surface area contributed by atoms with Gasteiger partial charge in [-0.2, -0.15) is 13.2 Å². The number of carbonyl (C=O) groups is 1. The third kappa shape index (κ3) is 8.53. The highest BCUT2D eigenvalue weighted by atomic mass is 127. The van der Waals surface area contributed by atoms with Gasteiger partial charge >= 0.3 is 6.18 Å². The molecule has 0 spiro atoms. The molecule has 158 valence electrons. The molecule has 10 heteroatoms. The third-order valence-electron chi connectivity index (χ3n) is 4.31. The van der Waals surface area contributed by atoms with Crippen LogP contribution in [0.3, 0.4) is 0 Å². The molecule has 1 aliphatic heterocycles. The molecule has 2 N–H and O–H groups in total. The van der Waals surface area contributed by atoms with Crippen molar-refractivity contribution in [1.29, 1.82) is 0 Å². The van der Waals surface area contributed by atoms with E-state index < -0.39 is 12.6 Å². The van der Waals surface area contributed by atoms with Crippen LogP contribution in [0.15, 0.2) is 35.3 Å². The Morgan fingerprint density at radius 2 is 1.68 bits per heavy atom. The quantitative estimate of drug-likeness (QED) is 0.349. The fourth-order valence-electron chi connectivity index (χ4n) is 2.84. The summed E-state index contributed by atoms with van der Waals surface area (Å²) in [7, 11) is 1.48. The molecule has 28 heavy (non-hydrogen) atoms. The van der Waals surface area contributed by atoms with Crippen LogP contribution in [0.4, 0.5) is 18.9 Å². The number of piperazine rings is 1. The van der Waals surface area contributed by atoms with Crippen molar-refractivity contribution in [2.75, 3.05) is 51.2 Å². The van der Waals surface area contributed by atoms with Crippen LogP contribution in [0.2, 0.25) is 0 Å². The first-order chi connectivity index (χ1) is 12.9. The van der Waals surface area contributed by atoms with E-state index in [1.54, 1.807) is 0 Å². The predicted octanol–water partition coefficient (Wildman–Crippen LogP) is 2.46. The van der Waals surface area contributed by atoms with E-state index in [9.17, 15) is 18.0 Å². The number of nitrogens with one attached hydrogen (secondary N) is 2. The minimum Gasteiger partial charge on any atom is -0.368 e. The SMILES string of the molecule is CN=C(NCCC(=O)N1CCN(c2ccccc2)CC1)NCCC(F)(F)F.I. The molecule has 0 radical (unpaired) electrons. The smallest absolute Gasteiger partial charge is 0.368 e. The van der Waals surface area contributed by atoms with E-state index in [0.29, 0.717) is 19.6 Å². The number of para-hydroxylation sites is 1. The number of benzene rings is 1. The molecule has 0 atom stereocenters. The van der Waals surface area contributed by atoms with E-state index in [1.807, 2.05) is 23.1 Å². The Balaban J connectivity index is 0.00000392. The van der Waals surface area contributed by atoms with Gasteiger partial charge < -0.3 is 20.4 Å². The first-order valence-corrected chi connectivity index (χ1v) is 8.98. The number of nitrogens with zero attached hydrogens (tertiary/aromatic N) is 3. The van der Waals surface area contributed by atoms with Gasteiger partial charge in [-0.25, -0.2) is 0 Å². The Kier molecular flexibility index (Phi) is 10.4. The predicted molar refractivity (Wildman–Crippen MR) is 115 cm³/mol. The van der Waals surface area contributed by atoms with Gasteiger partial charge in [-0.05, 0) is 12.1 Å². The molecule has 1 heterocycles. The molecule has 1 fully saturated rings. The summed E-state index contributed by atoms with van der Waals surface area (Å²) in [5.74, 6) is 0.293. The molecule has 1 aromatic carbocycles. The van der Waals surface area contributed by atoms with Crippen LogP contribution in [0.5, 0.6) is 0 Å². The minimum atomic E-state index is -4.20. The van der Waals surface area contributed by atoms with Crippen molar-refractivity contribution in [3.05, 3.63) is 30.3 Å². The molecule has 1 aliphatic rings. The van der Waals surface area contributed by atoms with Crippen molar-refractivity contribution in [3.63, 3.8) is 0 Å². The number of rotatable bonds is 6. The highest BCUT2D eigenvalue weighted by Crippen LogP contribution is 2.18. The van der Waals surface area contributed by atoms with Gasteiger partial charge in [0.15, 0.2) is 5.96 Å². The Bertz CT molecular complexity index is 619. The summed E-state index contributed by atoms with van der Waals surface area (Å²) in [6.45, 7) is 2.95. The maximum Gasteiger partial charge on any atom is 0.390 e. The average Bonchev–Trinajstić information content (AvgIpc) is 2.66. The number of amides is 1. The molecule has 0 bridgehead atoms. The highest BCUT2D eigenvalue weighted by molar-refractivity contribution is 14.0. The monoisotopic (exact) mass is 513 g/mol. The van der Waals surface area contributed by atoms with Crippen molar-refractivity contribution in [3.8, 4) is 0 Å². The molecule has 1 amide bonds. The third-order valence-corrected chi connectivity index (χ3v) is 4.31. The van der Waals surface area contributed by atoms with Crippen molar-refractivity contribution < 1.29 is 18.0 Å². The van der Waals surface area contributed by atoms with E-state index in [2.05, 4.69) is 32.7 Å². The number of carbonyl (C=O) groups excluding carboxylic acids is 1. The van der Waals surface area contributed by atoms with Crippen LogP contribution in [0.25, 0.3) is 0 Å². The topological polar surface area (TPSA) is 60.0 Å². The van der Waals surface area contributed by atoms with Crippen molar-refractivity contribution in [1.82, 2.24) is 15.5 Å². The zero-order valence-electron chi connectivity index (χ0n) is 15.8. The molecular formula is C18H27F3IN5O. The summed E-state index contributed by atoms with van der Waals surface area (Å²) >= 11 is 0. The lowest BCUT2D eigenvalue weighted by molar-refractivity contribution is -0.133. The Labute approximate surface area is 180 Å². The Hall–Kier alpha value is -1.72. The summed E-state index contributed by atoms with van der Waals surface area (Å²) in [5.41, 5.74) is 1.15. The van der Waals surface area contributed by atoms with Gasteiger partial charge in [0.1, 0.15) is 0 Å². The minimum absolute atomic E-state index is 0. The molecule has 6 nitrogen and oxygen atoms in total. The van der Waals surface area contributed by atoms with Crippen LogP contribution >= 0.6 is 24.0 Å². The Morgan fingerprint density at radius 1 is 1.07 bits per heavy atom. The number of hydrogen-bond donors (Lipinski definition) is 2. The number of aliphatic imine (C=N–C) groups is 1. The molecule has 2 rings (SSSR count). The molecule has 0 aliphatic carbocycles. The zero-order chi connectivity index (χ0) is 19.7. The average molecular weight is 513 g/mol. The Morgan fingerprint density at radius 3 is 2.25 bits per heavy atom. The lowest BCUT2D eigenvalue weighted by Crippen LogP contribution is -2.49. The number of hydrogen-bond acceptors (Lipinski definition) is 3.